The summed E-state index contributed by atoms with van der Waals surface area (Å²) in [5.74, 6) is -3.17. The van der Waals surface area contributed by atoms with Gasteiger partial charge in [0.2, 0.25) is 10.0 Å². The van der Waals surface area contributed by atoms with E-state index in [0.29, 0.717) is 17.6 Å². The zero-order valence-corrected chi connectivity index (χ0v) is 21.9. The Morgan fingerprint density at radius 2 is 1.54 bits per heavy atom. The first-order valence-corrected chi connectivity index (χ1v) is 14.1. The SMILES string of the molecule is O=C(O)C(Oc1ccc2cc(CNS(=O)(=O)C(CCCCc3ccccc3)c3ccccc3)[nH]c2c1)C(=O)O. The van der Waals surface area contributed by atoms with Gasteiger partial charge in [-0.25, -0.2) is 22.7 Å². The average Bonchev–Trinajstić information content (AvgIpc) is 3.33. The van der Waals surface area contributed by atoms with Gasteiger partial charge in [0, 0.05) is 17.3 Å². The molecule has 0 aliphatic carbocycles. The van der Waals surface area contributed by atoms with Crippen LogP contribution >= 0.6 is 0 Å². The summed E-state index contributed by atoms with van der Waals surface area (Å²) in [6.45, 7) is 0.0213. The molecule has 0 radical (unpaired) electrons. The molecule has 0 amide bonds. The van der Waals surface area contributed by atoms with Crippen LogP contribution < -0.4 is 9.46 Å². The number of fused-ring (bicyclic) bond motifs is 1. The van der Waals surface area contributed by atoms with Crippen molar-refractivity contribution in [2.45, 2.75) is 43.6 Å². The van der Waals surface area contributed by atoms with Crippen molar-refractivity contribution in [2.24, 2.45) is 0 Å². The third kappa shape index (κ3) is 7.46. The number of H-pyrrole nitrogens is 1. The number of aromatic nitrogens is 1. The minimum atomic E-state index is -3.72. The number of carboxylic acid groups (broad SMARTS) is 2. The third-order valence-corrected chi connectivity index (χ3v) is 8.19. The molecular formula is C29H30N2O7S. The van der Waals surface area contributed by atoms with Crippen LogP contribution in [-0.2, 0) is 32.6 Å². The second-order valence-corrected chi connectivity index (χ2v) is 11.2. The Morgan fingerprint density at radius 3 is 2.21 bits per heavy atom. The highest BCUT2D eigenvalue weighted by Gasteiger charge is 2.28. The summed E-state index contributed by atoms with van der Waals surface area (Å²) in [7, 11) is -3.72. The molecule has 1 unspecified atom stereocenters. The largest absolute Gasteiger partial charge is 0.478 e. The Kier molecular flexibility index (Phi) is 9.00. The molecule has 0 aliphatic heterocycles. The fourth-order valence-electron chi connectivity index (χ4n) is 4.43. The third-order valence-electron chi connectivity index (χ3n) is 6.39. The molecule has 1 heterocycles. The molecule has 39 heavy (non-hydrogen) atoms. The van der Waals surface area contributed by atoms with Gasteiger partial charge in [-0.05, 0) is 54.0 Å². The monoisotopic (exact) mass is 550 g/mol. The van der Waals surface area contributed by atoms with Crippen LogP contribution in [0.15, 0.2) is 84.9 Å². The van der Waals surface area contributed by atoms with Crippen molar-refractivity contribution >= 4 is 32.9 Å². The van der Waals surface area contributed by atoms with E-state index in [0.717, 1.165) is 30.2 Å². The van der Waals surface area contributed by atoms with Gasteiger partial charge in [0.1, 0.15) is 11.0 Å². The lowest BCUT2D eigenvalue weighted by atomic mass is 10.0. The maximum atomic E-state index is 13.4. The van der Waals surface area contributed by atoms with Crippen LogP contribution in [0, 0.1) is 0 Å². The molecule has 0 spiro atoms. The van der Waals surface area contributed by atoms with E-state index in [1.807, 2.05) is 48.5 Å². The van der Waals surface area contributed by atoms with Gasteiger partial charge in [-0.15, -0.1) is 0 Å². The average molecular weight is 551 g/mol. The van der Waals surface area contributed by atoms with Crippen LogP contribution in [0.25, 0.3) is 10.9 Å². The van der Waals surface area contributed by atoms with Gasteiger partial charge in [0.15, 0.2) is 0 Å². The van der Waals surface area contributed by atoms with Crippen molar-refractivity contribution in [3.05, 3.63) is 102 Å². The zero-order valence-electron chi connectivity index (χ0n) is 21.1. The first-order valence-electron chi connectivity index (χ1n) is 12.5. The van der Waals surface area contributed by atoms with Crippen molar-refractivity contribution < 1.29 is 33.0 Å². The topological polar surface area (TPSA) is 146 Å². The van der Waals surface area contributed by atoms with E-state index < -0.39 is 33.3 Å². The van der Waals surface area contributed by atoms with Crippen LogP contribution in [0.5, 0.6) is 5.75 Å². The summed E-state index contributed by atoms with van der Waals surface area (Å²) in [5, 5.41) is 18.1. The van der Waals surface area contributed by atoms with Crippen LogP contribution in [0.4, 0.5) is 0 Å². The van der Waals surface area contributed by atoms with Crippen molar-refractivity contribution in [3.8, 4) is 5.75 Å². The molecule has 0 aliphatic rings. The summed E-state index contributed by atoms with van der Waals surface area (Å²) < 4.78 is 34.7. The standard InChI is InChI=1S/C29H30N2O7S/c32-28(33)27(29(34)35)38-24-16-15-22-17-23(31-25(22)18-24)19-30-39(36,37)26(21-12-5-2-6-13-21)14-8-7-11-20-9-3-1-4-10-20/h1-6,9-10,12-13,15-18,26-27,30-31H,7-8,11,14,19H2,(H,32,33)(H,34,35). The number of hydrogen-bond donors (Lipinski definition) is 4. The normalized spacial score (nSPS) is 12.4. The maximum Gasteiger partial charge on any atom is 0.356 e. The van der Waals surface area contributed by atoms with Gasteiger partial charge >= 0.3 is 11.9 Å². The van der Waals surface area contributed by atoms with E-state index in [1.54, 1.807) is 12.1 Å². The van der Waals surface area contributed by atoms with Gasteiger partial charge in [-0.2, -0.15) is 0 Å². The Morgan fingerprint density at radius 1 is 0.872 bits per heavy atom. The predicted molar refractivity (Wildman–Crippen MR) is 147 cm³/mol. The summed E-state index contributed by atoms with van der Waals surface area (Å²) in [6.07, 6.45) is 0.953. The quantitative estimate of drug-likeness (QED) is 0.132. The van der Waals surface area contributed by atoms with Crippen molar-refractivity contribution in [1.82, 2.24) is 9.71 Å². The zero-order chi connectivity index (χ0) is 27.8. The number of hydrogen-bond acceptors (Lipinski definition) is 5. The van der Waals surface area contributed by atoms with Crippen molar-refractivity contribution in [3.63, 3.8) is 0 Å². The minimum absolute atomic E-state index is 0.0213. The predicted octanol–water partition coefficient (Wildman–Crippen LogP) is 4.66. The summed E-state index contributed by atoms with van der Waals surface area (Å²) >= 11 is 0. The first kappa shape index (κ1) is 27.9. The molecule has 0 bridgehead atoms. The Bertz CT molecular complexity index is 1510. The van der Waals surface area contributed by atoms with Crippen LogP contribution in [0.1, 0.15) is 41.3 Å². The fourth-order valence-corrected chi connectivity index (χ4v) is 5.98. The number of unbranched alkanes of at least 4 members (excludes halogenated alkanes) is 1. The van der Waals surface area contributed by atoms with Crippen molar-refractivity contribution in [1.29, 1.82) is 0 Å². The van der Waals surface area contributed by atoms with Gasteiger partial charge in [-0.3, -0.25) is 0 Å². The molecular weight excluding hydrogens is 520 g/mol. The summed E-state index contributed by atoms with van der Waals surface area (Å²) in [6, 6.07) is 25.6. The molecule has 1 aromatic heterocycles. The highest BCUT2D eigenvalue weighted by atomic mass is 32.2. The smallest absolute Gasteiger partial charge is 0.356 e. The molecule has 0 saturated heterocycles. The number of ether oxygens (including phenoxy) is 1. The number of nitrogens with one attached hydrogen (secondary N) is 2. The molecule has 4 rings (SSSR count). The molecule has 4 N–H and O–H groups in total. The Labute approximate surface area is 226 Å². The lowest BCUT2D eigenvalue weighted by molar-refractivity contribution is -0.159. The number of sulfonamides is 1. The van der Waals surface area contributed by atoms with Crippen LogP contribution in [0.2, 0.25) is 0 Å². The van der Waals surface area contributed by atoms with Gasteiger partial charge in [0.05, 0.1) is 6.54 Å². The molecule has 3 aromatic carbocycles. The number of aromatic amines is 1. The van der Waals surface area contributed by atoms with E-state index >= 15 is 0 Å². The Hall–Kier alpha value is -4.15. The van der Waals surface area contributed by atoms with Crippen LogP contribution in [-0.4, -0.2) is 41.7 Å². The van der Waals surface area contributed by atoms with E-state index in [4.69, 9.17) is 14.9 Å². The molecule has 9 nitrogen and oxygen atoms in total. The highest BCUT2D eigenvalue weighted by Crippen LogP contribution is 2.28. The van der Waals surface area contributed by atoms with Crippen LogP contribution in [0.3, 0.4) is 0 Å². The number of aryl methyl sites for hydroxylation is 1. The number of carbonyl (C=O) groups is 2. The van der Waals surface area contributed by atoms with E-state index in [2.05, 4.69) is 21.8 Å². The maximum absolute atomic E-state index is 13.4. The molecule has 4 aromatic rings. The second kappa shape index (κ2) is 12.6. The Balaban J connectivity index is 1.43. The van der Waals surface area contributed by atoms with E-state index in [-0.39, 0.29) is 12.3 Å². The summed E-state index contributed by atoms with van der Waals surface area (Å²) in [4.78, 5) is 25.3. The summed E-state index contributed by atoms with van der Waals surface area (Å²) in [5.41, 5.74) is 3.10. The molecule has 1 atom stereocenters. The second-order valence-electron chi connectivity index (χ2n) is 9.21. The van der Waals surface area contributed by atoms with Gasteiger partial charge in [-0.1, -0.05) is 67.1 Å². The van der Waals surface area contributed by atoms with Crippen molar-refractivity contribution in [2.75, 3.05) is 0 Å². The molecule has 0 fully saturated rings. The molecule has 204 valence electrons. The van der Waals surface area contributed by atoms with Gasteiger partial charge in [0.25, 0.3) is 6.10 Å². The highest BCUT2D eigenvalue weighted by molar-refractivity contribution is 7.89. The minimum Gasteiger partial charge on any atom is -0.478 e. The number of benzene rings is 3. The van der Waals surface area contributed by atoms with E-state index in [1.165, 1.54) is 17.7 Å². The van der Waals surface area contributed by atoms with E-state index in [9.17, 15) is 18.0 Å². The molecule has 10 heteroatoms. The first-order chi connectivity index (χ1) is 18.7. The van der Waals surface area contributed by atoms with Gasteiger partial charge < -0.3 is 19.9 Å². The lowest BCUT2D eigenvalue weighted by Gasteiger charge is -2.19. The number of rotatable bonds is 14. The molecule has 0 saturated carbocycles. The number of aliphatic carboxylic acids is 2. The number of carboxylic acids is 2. The fraction of sp³-hybridized carbons (Fsp3) is 0.241. The lowest BCUT2D eigenvalue weighted by Crippen LogP contribution is -2.35.